The largest absolute Gasteiger partial charge is 0.465 e. The van der Waals surface area contributed by atoms with Crippen LogP contribution in [0.5, 0.6) is 0 Å². The molecule has 0 atom stereocenters. The van der Waals surface area contributed by atoms with Gasteiger partial charge in [-0.3, -0.25) is 10.1 Å². The van der Waals surface area contributed by atoms with E-state index in [2.05, 4.69) is 9.73 Å². The maximum Gasteiger partial charge on any atom is 0.363 e. The van der Waals surface area contributed by atoms with E-state index in [9.17, 15) is 19.7 Å². The van der Waals surface area contributed by atoms with Crippen LogP contribution in [0.4, 0.5) is 5.69 Å². The van der Waals surface area contributed by atoms with Crippen molar-refractivity contribution < 1.29 is 24.0 Å². The molecule has 0 spiro atoms. The third kappa shape index (κ3) is 3.85. The Balaban J connectivity index is 1.90. The minimum atomic E-state index is -0.695. The average Bonchev–Trinajstić information content (AvgIpc) is 3.02. The van der Waals surface area contributed by atoms with Crippen molar-refractivity contribution in [2.24, 2.45) is 4.99 Å². The molecule has 3 rings (SSSR count). The number of cyclic esters (lactones) is 1. The molecule has 0 aromatic heterocycles. The fraction of sp³-hybridized carbons (Fsp3) is 0.0556. The fourth-order valence-corrected chi connectivity index (χ4v) is 2.50. The van der Waals surface area contributed by atoms with Crippen LogP contribution in [0.1, 0.15) is 21.5 Å². The van der Waals surface area contributed by atoms with E-state index in [0.717, 1.165) is 0 Å². The summed E-state index contributed by atoms with van der Waals surface area (Å²) in [5, 5.41) is 11.0. The molecule has 0 saturated heterocycles. The van der Waals surface area contributed by atoms with Crippen molar-refractivity contribution in [1.29, 1.82) is 0 Å². The van der Waals surface area contributed by atoms with Crippen LogP contribution in [0.15, 0.2) is 53.2 Å². The Bertz CT molecular complexity index is 1010. The zero-order valence-corrected chi connectivity index (χ0v) is 14.6. The molecule has 0 N–H and O–H groups in total. The number of nitrogens with zero attached hydrogens (tertiary/aromatic N) is 2. The first-order valence-corrected chi connectivity index (χ1v) is 7.92. The maximum absolute atomic E-state index is 12.0. The Morgan fingerprint density at radius 3 is 2.59 bits per heavy atom. The summed E-state index contributed by atoms with van der Waals surface area (Å²) in [5.41, 5.74) is 0.939. The smallest absolute Gasteiger partial charge is 0.363 e. The summed E-state index contributed by atoms with van der Waals surface area (Å²) < 4.78 is 9.71. The molecule has 1 heterocycles. The molecular weight excluding hydrogens is 376 g/mol. The highest BCUT2D eigenvalue weighted by molar-refractivity contribution is 6.32. The molecule has 0 saturated carbocycles. The zero-order valence-electron chi connectivity index (χ0n) is 13.8. The van der Waals surface area contributed by atoms with E-state index < -0.39 is 16.9 Å². The number of hydrogen-bond acceptors (Lipinski definition) is 7. The van der Waals surface area contributed by atoms with Crippen LogP contribution in [-0.4, -0.2) is 29.9 Å². The highest BCUT2D eigenvalue weighted by Gasteiger charge is 2.26. The van der Waals surface area contributed by atoms with Crippen LogP contribution in [0, 0.1) is 10.1 Å². The van der Waals surface area contributed by atoms with Crippen LogP contribution >= 0.6 is 11.6 Å². The van der Waals surface area contributed by atoms with E-state index in [1.807, 2.05) is 0 Å². The molecule has 0 unspecified atom stereocenters. The summed E-state index contributed by atoms with van der Waals surface area (Å²) in [6.07, 6.45) is 1.47. The van der Waals surface area contributed by atoms with Gasteiger partial charge in [-0.25, -0.2) is 14.6 Å². The molecule has 9 heteroatoms. The Labute approximate surface area is 157 Å². The van der Waals surface area contributed by atoms with E-state index in [1.54, 1.807) is 24.3 Å². The lowest BCUT2D eigenvalue weighted by Gasteiger charge is -2.00. The normalized spacial score (nSPS) is 14.7. The molecule has 1 aliphatic heterocycles. The summed E-state index contributed by atoms with van der Waals surface area (Å²) in [4.78, 5) is 37.9. The van der Waals surface area contributed by atoms with Gasteiger partial charge in [0.2, 0.25) is 5.90 Å². The third-order valence-electron chi connectivity index (χ3n) is 3.65. The average molecular weight is 387 g/mol. The second kappa shape index (κ2) is 7.38. The van der Waals surface area contributed by atoms with Crippen LogP contribution in [0.25, 0.3) is 6.08 Å². The van der Waals surface area contributed by atoms with Gasteiger partial charge in [0, 0.05) is 11.6 Å². The predicted molar refractivity (Wildman–Crippen MR) is 96.5 cm³/mol. The Morgan fingerprint density at radius 2 is 1.96 bits per heavy atom. The quantitative estimate of drug-likeness (QED) is 0.345. The van der Waals surface area contributed by atoms with Gasteiger partial charge in [0.15, 0.2) is 5.70 Å². The van der Waals surface area contributed by atoms with Crippen molar-refractivity contribution in [2.75, 3.05) is 7.11 Å². The summed E-state index contributed by atoms with van der Waals surface area (Å²) >= 11 is 5.77. The highest BCUT2D eigenvalue weighted by atomic mass is 35.5. The van der Waals surface area contributed by atoms with Gasteiger partial charge >= 0.3 is 11.9 Å². The predicted octanol–water partition coefficient (Wildman–Crippen LogP) is 3.38. The van der Waals surface area contributed by atoms with Crippen molar-refractivity contribution in [3.8, 4) is 0 Å². The first-order valence-electron chi connectivity index (χ1n) is 7.54. The number of methoxy groups -OCH3 is 1. The van der Waals surface area contributed by atoms with Crippen LogP contribution in [0.3, 0.4) is 0 Å². The van der Waals surface area contributed by atoms with Crippen LogP contribution in [0.2, 0.25) is 5.02 Å². The van der Waals surface area contributed by atoms with Gasteiger partial charge in [0.05, 0.1) is 17.6 Å². The molecular formula is C18H11ClN2O6. The summed E-state index contributed by atoms with van der Waals surface area (Å²) in [7, 11) is 1.28. The second-order valence-electron chi connectivity index (χ2n) is 5.37. The first kappa shape index (κ1) is 18.3. The summed E-state index contributed by atoms with van der Waals surface area (Å²) in [6, 6.07) is 10.3. The number of hydrogen-bond donors (Lipinski definition) is 0. The van der Waals surface area contributed by atoms with Crippen molar-refractivity contribution >= 4 is 41.2 Å². The maximum atomic E-state index is 12.0. The van der Waals surface area contributed by atoms with Crippen molar-refractivity contribution in [1.82, 2.24) is 0 Å². The van der Waals surface area contributed by atoms with Gasteiger partial charge in [-0.05, 0) is 35.9 Å². The van der Waals surface area contributed by atoms with E-state index >= 15 is 0 Å². The van der Waals surface area contributed by atoms with Gasteiger partial charge in [-0.1, -0.05) is 23.7 Å². The Kier molecular flexibility index (Phi) is 5.00. The van der Waals surface area contributed by atoms with Crippen molar-refractivity contribution in [2.45, 2.75) is 0 Å². The molecule has 27 heavy (non-hydrogen) atoms. The number of esters is 2. The van der Waals surface area contributed by atoms with Crippen LogP contribution < -0.4 is 0 Å². The van der Waals surface area contributed by atoms with E-state index in [4.69, 9.17) is 16.3 Å². The van der Waals surface area contributed by atoms with Gasteiger partial charge in [-0.2, -0.15) is 0 Å². The lowest BCUT2D eigenvalue weighted by Crippen LogP contribution is -2.06. The Hall–Kier alpha value is -3.52. The van der Waals surface area contributed by atoms with Gasteiger partial charge in [-0.15, -0.1) is 0 Å². The van der Waals surface area contributed by atoms with E-state index in [1.165, 1.54) is 31.4 Å². The monoisotopic (exact) mass is 386 g/mol. The van der Waals surface area contributed by atoms with Gasteiger partial charge < -0.3 is 9.47 Å². The van der Waals surface area contributed by atoms with Gasteiger partial charge in [0.1, 0.15) is 5.02 Å². The first-order chi connectivity index (χ1) is 12.9. The number of carbonyl (C=O) groups excluding carboxylic acids is 2. The molecule has 136 valence electrons. The number of aliphatic imine (C=N–C) groups is 1. The number of ether oxygens (including phenoxy) is 2. The number of benzene rings is 2. The molecule has 0 bridgehead atoms. The number of carbonyl (C=O) groups is 2. The zero-order chi connectivity index (χ0) is 19.6. The van der Waals surface area contributed by atoms with Crippen molar-refractivity contribution in [3.05, 3.63) is 80.0 Å². The number of rotatable bonds is 4. The number of halogens is 1. The number of nitro benzene ring substituents is 1. The van der Waals surface area contributed by atoms with E-state index in [0.29, 0.717) is 11.1 Å². The standard InChI is InChI=1S/C18H11ClN2O6/c1-26-17(22)11-4-2-10(3-5-11)8-14-18(23)27-16(20-14)12-6-7-13(19)15(9-12)21(24)25/h2-9H,1H3. The summed E-state index contributed by atoms with van der Waals surface area (Å²) in [6.45, 7) is 0. The number of nitro groups is 1. The minimum absolute atomic E-state index is 0.0217. The van der Waals surface area contributed by atoms with E-state index in [-0.39, 0.29) is 27.9 Å². The molecule has 0 fully saturated rings. The molecule has 1 aliphatic rings. The molecule has 2 aromatic rings. The lowest BCUT2D eigenvalue weighted by molar-refractivity contribution is -0.384. The molecule has 0 radical (unpaired) electrons. The molecule has 0 aliphatic carbocycles. The third-order valence-corrected chi connectivity index (χ3v) is 3.97. The lowest BCUT2D eigenvalue weighted by atomic mass is 10.1. The minimum Gasteiger partial charge on any atom is -0.465 e. The van der Waals surface area contributed by atoms with Gasteiger partial charge in [0.25, 0.3) is 5.69 Å². The van der Waals surface area contributed by atoms with Crippen LogP contribution in [-0.2, 0) is 14.3 Å². The van der Waals surface area contributed by atoms with Crippen molar-refractivity contribution in [3.63, 3.8) is 0 Å². The molecule has 2 aromatic carbocycles. The topological polar surface area (TPSA) is 108 Å². The second-order valence-corrected chi connectivity index (χ2v) is 5.78. The molecule has 8 nitrogen and oxygen atoms in total. The highest BCUT2D eigenvalue weighted by Crippen LogP contribution is 2.27. The Morgan fingerprint density at radius 1 is 1.26 bits per heavy atom. The summed E-state index contributed by atoms with van der Waals surface area (Å²) in [5.74, 6) is -1.23. The molecule has 0 amide bonds. The SMILES string of the molecule is COC(=O)c1ccc(C=C2N=C(c3ccc(Cl)c([N+](=O)[O-])c3)OC2=O)cc1. The fourth-order valence-electron chi connectivity index (χ4n) is 2.31.